The lowest BCUT2D eigenvalue weighted by molar-refractivity contribution is -0.114. The zero-order valence-corrected chi connectivity index (χ0v) is 14.1. The third-order valence-corrected chi connectivity index (χ3v) is 4.30. The van der Waals surface area contributed by atoms with Crippen molar-refractivity contribution >= 4 is 11.9 Å². The standard InChI is InChI=1S/C22H22O2/c1-22(2)14-18(13-16-9-5-3-6-10-16)21(24)19(15-22)20(23)17-11-7-4-8-12-17/h3-13,15,20,23H,14H2,1-2H3/b18-13-. The largest absolute Gasteiger partial charge is 0.384 e. The Hall–Kier alpha value is -2.45. The summed E-state index contributed by atoms with van der Waals surface area (Å²) in [7, 11) is 0. The number of aliphatic hydroxyl groups excluding tert-OH is 1. The van der Waals surface area contributed by atoms with E-state index in [4.69, 9.17) is 0 Å². The summed E-state index contributed by atoms with van der Waals surface area (Å²) in [6.45, 7) is 4.19. The van der Waals surface area contributed by atoms with Crippen molar-refractivity contribution in [3.05, 3.63) is 89.0 Å². The van der Waals surface area contributed by atoms with E-state index in [0.717, 1.165) is 16.7 Å². The second-order valence-corrected chi connectivity index (χ2v) is 6.99. The highest BCUT2D eigenvalue weighted by Crippen LogP contribution is 2.39. The molecule has 0 spiro atoms. The van der Waals surface area contributed by atoms with Gasteiger partial charge in [0.2, 0.25) is 0 Å². The molecule has 2 aromatic carbocycles. The summed E-state index contributed by atoms with van der Waals surface area (Å²) in [5, 5.41) is 10.7. The van der Waals surface area contributed by atoms with Crippen LogP contribution in [0.3, 0.4) is 0 Å². The van der Waals surface area contributed by atoms with Crippen molar-refractivity contribution in [3.8, 4) is 0 Å². The van der Waals surface area contributed by atoms with E-state index in [2.05, 4.69) is 13.8 Å². The minimum absolute atomic E-state index is 0.0606. The Balaban J connectivity index is 1.99. The van der Waals surface area contributed by atoms with Crippen LogP contribution in [0.1, 0.15) is 37.5 Å². The number of aliphatic hydroxyl groups is 1. The summed E-state index contributed by atoms with van der Waals surface area (Å²) in [6.07, 6.45) is 3.65. The predicted octanol–water partition coefficient (Wildman–Crippen LogP) is 4.73. The Morgan fingerprint density at radius 3 is 2.21 bits per heavy atom. The summed E-state index contributed by atoms with van der Waals surface area (Å²) < 4.78 is 0. The lowest BCUT2D eigenvalue weighted by atomic mass is 9.74. The van der Waals surface area contributed by atoms with Crippen LogP contribution in [0.5, 0.6) is 0 Å². The second kappa shape index (κ2) is 6.58. The van der Waals surface area contributed by atoms with Gasteiger partial charge in [-0.25, -0.2) is 0 Å². The highest BCUT2D eigenvalue weighted by molar-refractivity contribution is 6.12. The van der Waals surface area contributed by atoms with Crippen molar-refractivity contribution in [3.63, 3.8) is 0 Å². The summed E-state index contributed by atoms with van der Waals surface area (Å²) >= 11 is 0. The van der Waals surface area contributed by atoms with Gasteiger partial charge >= 0.3 is 0 Å². The fraction of sp³-hybridized carbons (Fsp3) is 0.227. The maximum absolute atomic E-state index is 12.9. The molecule has 0 radical (unpaired) electrons. The molecule has 2 nitrogen and oxygen atoms in total. The summed E-state index contributed by atoms with van der Waals surface area (Å²) in [5.74, 6) is -0.0606. The Bertz CT molecular complexity index is 783. The van der Waals surface area contributed by atoms with Crippen LogP contribution in [-0.2, 0) is 4.79 Å². The molecule has 0 amide bonds. The van der Waals surface area contributed by atoms with Crippen molar-refractivity contribution in [1.82, 2.24) is 0 Å². The van der Waals surface area contributed by atoms with E-state index in [9.17, 15) is 9.90 Å². The number of Topliss-reactive ketones (excluding diaryl/α,β-unsaturated/α-hetero) is 1. The molecule has 1 aliphatic carbocycles. The molecule has 3 rings (SSSR count). The van der Waals surface area contributed by atoms with Crippen LogP contribution >= 0.6 is 0 Å². The fourth-order valence-corrected chi connectivity index (χ4v) is 3.18. The first kappa shape index (κ1) is 16.4. The molecule has 0 saturated carbocycles. The van der Waals surface area contributed by atoms with Gasteiger partial charge < -0.3 is 5.11 Å². The Morgan fingerprint density at radius 2 is 1.58 bits per heavy atom. The van der Waals surface area contributed by atoms with Gasteiger partial charge in [-0.3, -0.25) is 4.79 Å². The molecule has 0 heterocycles. The van der Waals surface area contributed by atoms with Gasteiger partial charge in [0, 0.05) is 11.1 Å². The van der Waals surface area contributed by atoms with Crippen molar-refractivity contribution in [2.24, 2.45) is 5.41 Å². The molecule has 1 atom stereocenters. The Labute approximate surface area is 143 Å². The quantitative estimate of drug-likeness (QED) is 0.831. The molecule has 24 heavy (non-hydrogen) atoms. The lowest BCUT2D eigenvalue weighted by Gasteiger charge is -2.30. The van der Waals surface area contributed by atoms with Crippen LogP contribution in [0.4, 0.5) is 0 Å². The molecular weight excluding hydrogens is 296 g/mol. The number of carbonyl (C=O) groups is 1. The second-order valence-electron chi connectivity index (χ2n) is 6.99. The zero-order chi connectivity index (χ0) is 17.2. The maximum atomic E-state index is 12.9. The van der Waals surface area contributed by atoms with Gasteiger partial charge in [0.25, 0.3) is 0 Å². The number of benzene rings is 2. The van der Waals surface area contributed by atoms with E-state index in [1.807, 2.05) is 72.8 Å². The predicted molar refractivity (Wildman–Crippen MR) is 97.3 cm³/mol. The van der Waals surface area contributed by atoms with Gasteiger partial charge in [-0.05, 0) is 29.0 Å². The zero-order valence-electron chi connectivity index (χ0n) is 14.1. The number of allylic oxidation sites excluding steroid dienone is 2. The molecule has 1 aliphatic rings. The third-order valence-electron chi connectivity index (χ3n) is 4.30. The van der Waals surface area contributed by atoms with Crippen LogP contribution in [0, 0.1) is 5.41 Å². The van der Waals surface area contributed by atoms with Crippen LogP contribution in [0.2, 0.25) is 0 Å². The van der Waals surface area contributed by atoms with Crippen LogP contribution in [0.15, 0.2) is 77.9 Å². The van der Waals surface area contributed by atoms with Gasteiger partial charge in [-0.1, -0.05) is 80.6 Å². The number of hydrogen-bond donors (Lipinski definition) is 1. The smallest absolute Gasteiger partial charge is 0.187 e. The fourth-order valence-electron chi connectivity index (χ4n) is 3.18. The molecule has 0 bridgehead atoms. The van der Waals surface area contributed by atoms with Gasteiger partial charge in [-0.2, -0.15) is 0 Å². The molecular formula is C22H22O2. The molecule has 0 saturated heterocycles. The van der Waals surface area contributed by atoms with E-state index >= 15 is 0 Å². The van der Waals surface area contributed by atoms with Gasteiger partial charge in [0.1, 0.15) is 6.10 Å². The van der Waals surface area contributed by atoms with Gasteiger partial charge in [0.15, 0.2) is 5.78 Å². The van der Waals surface area contributed by atoms with Crippen molar-refractivity contribution in [2.45, 2.75) is 26.4 Å². The molecule has 2 aromatic rings. The summed E-state index contributed by atoms with van der Waals surface area (Å²) in [5.41, 5.74) is 2.80. The van der Waals surface area contributed by atoms with E-state index in [1.165, 1.54) is 0 Å². The first-order chi connectivity index (χ1) is 11.5. The molecule has 1 unspecified atom stereocenters. The number of carbonyl (C=O) groups excluding carboxylic acids is 1. The summed E-state index contributed by atoms with van der Waals surface area (Å²) in [4.78, 5) is 12.9. The molecule has 2 heteroatoms. The van der Waals surface area contributed by atoms with E-state index in [-0.39, 0.29) is 11.2 Å². The first-order valence-corrected chi connectivity index (χ1v) is 8.22. The first-order valence-electron chi connectivity index (χ1n) is 8.22. The van der Waals surface area contributed by atoms with Gasteiger partial charge in [0.05, 0.1) is 0 Å². The minimum Gasteiger partial charge on any atom is -0.384 e. The lowest BCUT2D eigenvalue weighted by Crippen LogP contribution is -2.25. The Kier molecular flexibility index (Phi) is 4.50. The average Bonchev–Trinajstić information content (AvgIpc) is 2.59. The monoisotopic (exact) mass is 318 g/mol. The average molecular weight is 318 g/mol. The third kappa shape index (κ3) is 3.55. The molecule has 0 fully saturated rings. The van der Waals surface area contributed by atoms with Crippen LogP contribution in [0.25, 0.3) is 6.08 Å². The molecule has 122 valence electrons. The van der Waals surface area contributed by atoms with Crippen molar-refractivity contribution < 1.29 is 9.90 Å². The maximum Gasteiger partial charge on any atom is 0.187 e. The van der Waals surface area contributed by atoms with Crippen molar-refractivity contribution in [2.75, 3.05) is 0 Å². The van der Waals surface area contributed by atoms with Crippen molar-refractivity contribution in [1.29, 1.82) is 0 Å². The van der Waals surface area contributed by atoms with E-state index in [0.29, 0.717) is 12.0 Å². The number of ketones is 1. The van der Waals surface area contributed by atoms with E-state index in [1.54, 1.807) is 0 Å². The molecule has 0 aromatic heterocycles. The van der Waals surface area contributed by atoms with Gasteiger partial charge in [-0.15, -0.1) is 0 Å². The molecule has 0 aliphatic heterocycles. The number of hydrogen-bond acceptors (Lipinski definition) is 2. The topological polar surface area (TPSA) is 37.3 Å². The highest BCUT2D eigenvalue weighted by Gasteiger charge is 2.33. The summed E-state index contributed by atoms with van der Waals surface area (Å²) in [6, 6.07) is 19.2. The number of rotatable bonds is 3. The molecule has 1 N–H and O–H groups in total. The normalized spacial score (nSPS) is 19.9. The highest BCUT2D eigenvalue weighted by atomic mass is 16.3. The van der Waals surface area contributed by atoms with Crippen LogP contribution in [-0.4, -0.2) is 10.9 Å². The van der Waals surface area contributed by atoms with E-state index < -0.39 is 6.10 Å². The SMILES string of the molecule is CC1(C)C=C(C(O)c2ccccc2)C(=O)/C(=C\c2ccccc2)C1. The minimum atomic E-state index is -0.891. The van der Waals surface area contributed by atoms with Crippen LogP contribution < -0.4 is 0 Å². The Morgan fingerprint density at radius 1 is 1.00 bits per heavy atom.